The van der Waals surface area contributed by atoms with E-state index in [1.54, 1.807) is 0 Å². The summed E-state index contributed by atoms with van der Waals surface area (Å²) in [6.07, 6.45) is 13.1. The van der Waals surface area contributed by atoms with Gasteiger partial charge in [-0.05, 0) is 44.1 Å². The predicted octanol–water partition coefficient (Wildman–Crippen LogP) is 3.74. The lowest BCUT2D eigenvalue weighted by Gasteiger charge is -2.19. The van der Waals surface area contributed by atoms with E-state index in [4.69, 9.17) is 0 Å². The van der Waals surface area contributed by atoms with Crippen LogP contribution in [0.1, 0.15) is 64.7 Å². The monoisotopic (exact) mass is 209 g/mol. The van der Waals surface area contributed by atoms with E-state index in [1.807, 2.05) is 0 Å². The van der Waals surface area contributed by atoms with E-state index in [2.05, 4.69) is 12.2 Å². The highest BCUT2D eigenvalue weighted by molar-refractivity contribution is 4.77. The minimum atomic E-state index is 0.850. The van der Waals surface area contributed by atoms with Crippen molar-refractivity contribution in [3.63, 3.8) is 0 Å². The highest BCUT2D eigenvalue weighted by Gasteiger charge is 2.22. The molecule has 1 heteroatoms. The average molecular weight is 209 g/mol. The highest BCUT2D eigenvalue weighted by atomic mass is 14.9. The third-order valence-corrected chi connectivity index (χ3v) is 4.35. The molecule has 2 aliphatic carbocycles. The molecular weight excluding hydrogens is 182 g/mol. The minimum Gasteiger partial charge on any atom is -0.314 e. The fourth-order valence-corrected chi connectivity index (χ4v) is 3.33. The van der Waals surface area contributed by atoms with Crippen molar-refractivity contribution in [2.45, 2.75) is 70.8 Å². The van der Waals surface area contributed by atoms with Crippen molar-refractivity contribution in [3.8, 4) is 0 Å². The van der Waals surface area contributed by atoms with Crippen molar-refractivity contribution in [1.29, 1.82) is 0 Å². The Balaban J connectivity index is 1.63. The number of hydrogen-bond acceptors (Lipinski definition) is 1. The molecule has 0 radical (unpaired) electrons. The van der Waals surface area contributed by atoms with Crippen molar-refractivity contribution in [2.24, 2.45) is 11.8 Å². The van der Waals surface area contributed by atoms with Gasteiger partial charge in [-0.25, -0.2) is 0 Å². The molecule has 0 spiro atoms. The lowest BCUT2D eigenvalue weighted by molar-refractivity contribution is 0.397. The zero-order valence-electron chi connectivity index (χ0n) is 10.3. The first-order valence-electron chi connectivity index (χ1n) is 7.08. The van der Waals surface area contributed by atoms with E-state index >= 15 is 0 Å². The van der Waals surface area contributed by atoms with Gasteiger partial charge < -0.3 is 5.32 Å². The van der Waals surface area contributed by atoms with Gasteiger partial charge in [0.2, 0.25) is 0 Å². The lowest BCUT2D eigenvalue weighted by Crippen LogP contribution is -2.32. The smallest absolute Gasteiger partial charge is 0.00671 e. The molecule has 2 saturated carbocycles. The predicted molar refractivity (Wildman–Crippen MR) is 66.0 cm³/mol. The number of nitrogens with one attached hydrogen (secondary N) is 1. The Morgan fingerprint density at radius 2 is 1.67 bits per heavy atom. The van der Waals surface area contributed by atoms with E-state index in [-0.39, 0.29) is 0 Å². The Morgan fingerprint density at radius 3 is 2.27 bits per heavy atom. The molecule has 0 aromatic heterocycles. The zero-order valence-corrected chi connectivity index (χ0v) is 10.3. The highest BCUT2D eigenvalue weighted by Crippen LogP contribution is 2.30. The van der Waals surface area contributed by atoms with Gasteiger partial charge in [-0.3, -0.25) is 0 Å². The molecule has 2 atom stereocenters. The van der Waals surface area contributed by atoms with Crippen LogP contribution in [-0.4, -0.2) is 12.6 Å². The van der Waals surface area contributed by atoms with Crippen LogP contribution in [0.2, 0.25) is 0 Å². The van der Waals surface area contributed by atoms with Gasteiger partial charge in [0.25, 0.3) is 0 Å². The second kappa shape index (κ2) is 5.89. The maximum Gasteiger partial charge on any atom is 0.00671 e. The molecule has 0 amide bonds. The van der Waals surface area contributed by atoms with Crippen molar-refractivity contribution >= 4 is 0 Å². The Bertz CT molecular complexity index is 170. The molecule has 2 aliphatic rings. The van der Waals surface area contributed by atoms with Crippen LogP contribution in [0.5, 0.6) is 0 Å². The minimum absolute atomic E-state index is 0.850. The molecular formula is C14H27N. The number of hydrogen-bond donors (Lipinski definition) is 1. The van der Waals surface area contributed by atoms with Crippen molar-refractivity contribution in [3.05, 3.63) is 0 Å². The average Bonchev–Trinajstić information content (AvgIpc) is 2.52. The van der Waals surface area contributed by atoms with Crippen molar-refractivity contribution in [2.75, 3.05) is 6.54 Å². The van der Waals surface area contributed by atoms with Gasteiger partial charge in [-0.1, -0.05) is 39.0 Å². The van der Waals surface area contributed by atoms with Crippen LogP contribution in [0.3, 0.4) is 0 Å². The molecule has 88 valence electrons. The zero-order chi connectivity index (χ0) is 10.5. The summed E-state index contributed by atoms with van der Waals surface area (Å²) in [5.41, 5.74) is 0. The molecule has 0 saturated heterocycles. The molecule has 0 aromatic rings. The maximum atomic E-state index is 3.82. The molecule has 0 bridgehead atoms. The SMILES string of the molecule is CC1CCC(CNC2CCCCCC2)C1. The summed E-state index contributed by atoms with van der Waals surface area (Å²) in [5, 5.41) is 3.82. The lowest BCUT2D eigenvalue weighted by atomic mass is 10.0. The van der Waals surface area contributed by atoms with Crippen LogP contribution in [0, 0.1) is 11.8 Å². The summed E-state index contributed by atoms with van der Waals surface area (Å²) >= 11 is 0. The summed E-state index contributed by atoms with van der Waals surface area (Å²) < 4.78 is 0. The van der Waals surface area contributed by atoms with Crippen LogP contribution in [-0.2, 0) is 0 Å². The third-order valence-electron chi connectivity index (χ3n) is 4.35. The van der Waals surface area contributed by atoms with Gasteiger partial charge in [0, 0.05) is 6.04 Å². The van der Waals surface area contributed by atoms with Gasteiger partial charge in [0.15, 0.2) is 0 Å². The molecule has 0 aromatic carbocycles. The summed E-state index contributed by atoms with van der Waals surface area (Å²) in [6, 6.07) is 0.850. The van der Waals surface area contributed by atoms with Gasteiger partial charge in [0.05, 0.1) is 0 Å². The first-order valence-corrected chi connectivity index (χ1v) is 7.08. The first-order chi connectivity index (χ1) is 7.34. The Morgan fingerprint density at radius 1 is 0.933 bits per heavy atom. The Kier molecular flexibility index (Phi) is 4.49. The molecule has 1 N–H and O–H groups in total. The quantitative estimate of drug-likeness (QED) is 0.698. The molecule has 15 heavy (non-hydrogen) atoms. The summed E-state index contributed by atoms with van der Waals surface area (Å²) in [5.74, 6) is 1.98. The van der Waals surface area contributed by atoms with E-state index in [0.29, 0.717) is 0 Å². The van der Waals surface area contributed by atoms with E-state index < -0.39 is 0 Å². The fraction of sp³-hybridized carbons (Fsp3) is 1.00. The fourth-order valence-electron chi connectivity index (χ4n) is 3.33. The molecule has 1 nitrogen and oxygen atoms in total. The molecule has 0 heterocycles. The standard InChI is InChI=1S/C14H27N/c1-12-8-9-13(10-12)11-15-14-6-4-2-3-5-7-14/h12-15H,2-11H2,1H3. The normalized spacial score (nSPS) is 34.2. The maximum absolute atomic E-state index is 3.82. The molecule has 2 rings (SSSR count). The van der Waals surface area contributed by atoms with Crippen LogP contribution in [0.25, 0.3) is 0 Å². The van der Waals surface area contributed by atoms with Gasteiger partial charge >= 0.3 is 0 Å². The van der Waals surface area contributed by atoms with Crippen molar-refractivity contribution < 1.29 is 0 Å². The van der Waals surface area contributed by atoms with E-state index in [0.717, 1.165) is 17.9 Å². The number of rotatable bonds is 3. The third kappa shape index (κ3) is 3.79. The second-order valence-electron chi connectivity index (χ2n) is 5.88. The van der Waals surface area contributed by atoms with Gasteiger partial charge in [-0.15, -0.1) is 0 Å². The van der Waals surface area contributed by atoms with E-state index in [1.165, 1.54) is 64.3 Å². The second-order valence-corrected chi connectivity index (χ2v) is 5.88. The van der Waals surface area contributed by atoms with Crippen LogP contribution < -0.4 is 5.32 Å². The molecule has 2 fully saturated rings. The summed E-state index contributed by atoms with van der Waals surface area (Å²) in [6.45, 7) is 3.71. The Hall–Kier alpha value is -0.0400. The van der Waals surface area contributed by atoms with Crippen molar-refractivity contribution in [1.82, 2.24) is 5.32 Å². The summed E-state index contributed by atoms with van der Waals surface area (Å²) in [7, 11) is 0. The molecule has 2 unspecified atom stereocenters. The van der Waals surface area contributed by atoms with Gasteiger partial charge in [-0.2, -0.15) is 0 Å². The van der Waals surface area contributed by atoms with Gasteiger partial charge in [0.1, 0.15) is 0 Å². The van der Waals surface area contributed by atoms with Crippen LogP contribution in [0.4, 0.5) is 0 Å². The Labute approximate surface area is 95.0 Å². The van der Waals surface area contributed by atoms with E-state index in [9.17, 15) is 0 Å². The summed E-state index contributed by atoms with van der Waals surface area (Å²) in [4.78, 5) is 0. The topological polar surface area (TPSA) is 12.0 Å². The molecule has 0 aliphatic heterocycles. The van der Waals surface area contributed by atoms with Crippen LogP contribution in [0.15, 0.2) is 0 Å². The van der Waals surface area contributed by atoms with Crippen LogP contribution >= 0.6 is 0 Å². The largest absolute Gasteiger partial charge is 0.314 e. The first kappa shape index (κ1) is 11.4.